The molecule has 1 fully saturated rings. The van der Waals surface area contributed by atoms with Crippen LogP contribution in [0.5, 0.6) is 0 Å². The summed E-state index contributed by atoms with van der Waals surface area (Å²) < 4.78 is 12.9. The molecule has 29 heavy (non-hydrogen) atoms. The quantitative estimate of drug-likeness (QED) is 0.351. The lowest BCUT2D eigenvalue weighted by Gasteiger charge is -2.15. The van der Waals surface area contributed by atoms with Crippen molar-refractivity contribution >= 4 is 36.8 Å². The summed E-state index contributed by atoms with van der Waals surface area (Å²) in [5.41, 5.74) is 0.558. The minimum Gasteiger partial charge on any atom is -0.369 e. The largest absolute Gasteiger partial charge is 0.369 e. The van der Waals surface area contributed by atoms with Crippen LogP contribution in [0.2, 0.25) is 5.28 Å². The molecule has 2 atom stereocenters. The lowest BCUT2D eigenvalue weighted by atomic mass is 10.2. The van der Waals surface area contributed by atoms with Gasteiger partial charge in [0, 0.05) is 12.4 Å². The highest BCUT2D eigenvalue weighted by Gasteiger charge is 2.29. The zero-order valence-electron chi connectivity index (χ0n) is 15.2. The molecule has 4 heterocycles. The molecule has 2 unspecified atom stereocenters. The first-order valence-electron chi connectivity index (χ1n) is 8.89. The molecule has 1 aliphatic rings. The summed E-state index contributed by atoms with van der Waals surface area (Å²) in [6.45, 7) is 0.668. The molecule has 0 saturated carbocycles. The maximum Gasteiger partial charge on any atom is 0.226 e. The van der Waals surface area contributed by atoms with Gasteiger partial charge in [-0.3, -0.25) is 0 Å². The van der Waals surface area contributed by atoms with Gasteiger partial charge in [-0.15, -0.1) is 0 Å². The highest BCUT2D eigenvalue weighted by atomic mass is 35.5. The van der Waals surface area contributed by atoms with E-state index in [9.17, 15) is 0 Å². The fourth-order valence-corrected chi connectivity index (χ4v) is 3.52. The molecule has 3 N–H and O–H groups in total. The zero-order valence-corrected chi connectivity index (χ0v) is 16.9. The van der Waals surface area contributed by atoms with Gasteiger partial charge in [0.2, 0.25) is 5.28 Å². The van der Waals surface area contributed by atoms with Gasteiger partial charge < -0.3 is 24.6 Å². The third-order valence-corrected chi connectivity index (χ3v) is 4.91. The van der Waals surface area contributed by atoms with E-state index in [1.807, 2.05) is 0 Å². The van der Waals surface area contributed by atoms with Crippen LogP contribution in [0.1, 0.15) is 24.9 Å². The highest BCUT2D eigenvalue weighted by Crippen LogP contribution is 2.32. The Labute approximate surface area is 172 Å². The van der Waals surface area contributed by atoms with Crippen LogP contribution < -0.4 is 5.32 Å². The number of hydrogen-bond donors (Lipinski definition) is 3. The smallest absolute Gasteiger partial charge is 0.226 e. The maximum absolute atomic E-state index is 8.92. The summed E-state index contributed by atoms with van der Waals surface area (Å²) >= 11 is 6.13. The lowest BCUT2D eigenvalue weighted by molar-refractivity contribution is -0.0384. The molecular formula is C16H19ClN7O4P. The van der Waals surface area contributed by atoms with Gasteiger partial charge in [0.15, 0.2) is 20.3 Å². The van der Waals surface area contributed by atoms with Crippen LogP contribution in [0.15, 0.2) is 24.7 Å². The van der Waals surface area contributed by atoms with E-state index in [0.29, 0.717) is 29.2 Å². The van der Waals surface area contributed by atoms with Crippen molar-refractivity contribution in [1.29, 1.82) is 0 Å². The van der Waals surface area contributed by atoms with Crippen LogP contribution in [0.25, 0.3) is 11.0 Å². The zero-order chi connectivity index (χ0) is 20.2. The third-order valence-electron chi connectivity index (χ3n) is 4.33. The van der Waals surface area contributed by atoms with Gasteiger partial charge in [0.05, 0.1) is 30.8 Å². The monoisotopic (exact) mass is 439 g/mol. The van der Waals surface area contributed by atoms with E-state index in [0.717, 1.165) is 12.8 Å². The van der Waals surface area contributed by atoms with Crippen molar-refractivity contribution in [3.8, 4) is 0 Å². The molecule has 3 aromatic heterocycles. The van der Waals surface area contributed by atoms with Crippen molar-refractivity contribution in [1.82, 2.24) is 29.7 Å². The molecule has 1 saturated heterocycles. The van der Waals surface area contributed by atoms with E-state index in [1.165, 1.54) is 0 Å². The molecule has 154 valence electrons. The number of nitrogens with one attached hydrogen (secondary N) is 1. The van der Waals surface area contributed by atoms with Crippen molar-refractivity contribution < 1.29 is 19.3 Å². The molecule has 0 aromatic carbocycles. The van der Waals surface area contributed by atoms with Crippen molar-refractivity contribution in [3.05, 3.63) is 35.8 Å². The predicted octanol–water partition coefficient (Wildman–Crippen LogP) is 1.83. The number of ether oxygens (including phenoxy) is 2. The second-order valence-electron chi connectivity index (χ2n) is 6.35. The molecular weight excluding hydrogens is 421 g/mol. The molecule has 3 aromatic rings. The van der Waals surface area contributed by atoms with Crippen LogP contribution in [0, 0.1) is 0 Å². The Morgan fingerprint density at radius 3 is 2.90 bits per heavy atom. The topological polar surface area (TPSA) is 140 Å². The molecule has 1 aliphatic heterocycles. The molecule has 0 radical (unpaired) electrons. The molecule has 4 rings (SSSR count). The average Bonchev–Trinajstić information content (AvgIpc) is 3.33. The van der Waals surface area contributed by atoms with Crippen molar-refractivity contribution in [2.75, 3.05) is 18.3 Å². The van der Waals surface area contributed by atoms with Crippen molar-refractivity contribution in [2.24, 2.45) is 0 Å². The molecule has 13 heteroatoms. The molecule has 0 aliphatic carbocycles. The Balaban J connectivity index is 1.48. The fraction of sp³-hybridized carbons (Fsp3) is 0.438. The van der Waals surface area contributed by atoms with Crippen LogP contribution in [0.4, 0.5) is 5.82 Å². The fourth-order valence-electron chi connectivity index (χ4n) is 3.08. The van der Waals surface area contributed by atoms with E-state index in [-0.39, 0.29) is 30.6 Å². The molecule has 11 nitrogen and oxygen atoms in total. The first kappa shape index (κ1) is 20.3. The Hall–Kier alpha value is -2.01. The van der Waals surface area contributed by atoms with Gasteiger partial charge in [-0.1, -0.05) is 0 Å². The minimum absolute atomic E-state index is 0.0897. The number of anilines is 1. The predicted molar refractivity (Wildman–Crippen MR) is 105 cm³/mol. The SMILES string of the molecule is OP(O)COCC1CCC(n2ncc3c(NCc4ncccn4)nc(Cl)nc32)O1. The van der Waals surface area contributed by atoms with Crippen LogP contribution in [-0.2, 0) is 16.0 Å². The summed E-state index contributed by atoms with van der Waals surface area (Å²) in [7, 11) is -2.06. The Kier molecular flexibility index (Phi) is 6.43. The van der Waals surface area contributed by atoms with Gasteiger partial charge in [-0.2, -0.15) is 15.1 Å². The van der Waals surface area contributed by atoms with Gasteiger partial charge in [0.1, 0.15) is 18.0 Å². The number of fused-ring (bicyclic) bond motifs is 1. The Bertz CT molecular complexity index is 961. The summed E-state index contributed by atoms with van der Waals surface area (Å²) in [5.74, 6) is 1.16. The summed E-state index contributed by atoms with van der Waals surface area (Å²) in [5, 5.41) is 8.39. The van der Waals surface area contributed by atoms with E-state index < -0.39 is 8.38 Å². The normalized spacial score (nSPS) is 19.3. The van der Waals surface area contributed by atoms with Crippen LogP contribution in [-0.4, -0.2) is 58.6 Å². The number of hydrogen-bond acceptors (Lipinski definition) is 10. The van der Waals surface area contributed by atoms with Gasteiger partial charge in [-0.25, -0.2) is 14.6 Å². The van der Waals surface area contributed by atoms with Crippen LogP contribution in [0.3, 0.4) is 0 Å². The molecule has 0 amide bonds. The maximum atomic E-state index is 8.92. The highest BCUT2D eigenvalue weighted by molar-refractivity contribution is 7.44. The second-order valence-corrected chi connectivity index (χ2v) is 7.69. The first-order chi connectivity index (χ1) is 14.1. The first-order valence-corrected chi connectivity index (χ1v) is 10.7. The molecule has 0 spiro atoms. The Morgan fingerprint density at radius 1 is 1.28 bits per heavy atom. The van der Waals surface area contributed by atoms with Gasteiger partial charge >= 0.3 is 0 Å². The lowest BCUT2D eigenvalue weighted by Crippen LogP contribution is -2.17. The molecule has 0 bridgehead atoms. The van der Waals surface area contributed by atoms with Crippen molar-refractivity contribution in [3.63, 3.8) is 0 Å². The average molecular weight is 440 g/mol. The summed E-state index contributed by atoms with van der Waals surface area (Å²) in [4.78, 5) is 34.8. The summed E-state index contributed by atoms with van der Waals surface area (Å²) in [6, 6.07) is 1.75. The number of halogens is 1. The standard InChI is InChI=1S/C16H19ClN7O4P/c17-16-22-14(20-7-12-18-4-1-5-19-12)11-6-21-24(15(11)23-16)13-3-2-10(28-13)8-27-9-29(25)26/h1,4-6,10,13,25-26H,2-3,7-9H2,(H,20,22,23). The van der Waals surface area contributed by atoms with Crippen LogP contribution >= 0.6 is 20.0 Å². The van der Waals surface area contributed by atoms with E-state index in [4.69, 9.17) is 30.9 Å². The number of aromatic nitrogens is 6. The van der Waals surface area contributed by atoms with Gasteiger partial charge in [-0.05, 0) is 30.5 Å². The Morgan fingerprint density at radius 2 is 2.10 bits per heavy atom. The van der Waals surface area contributed by atoms with Crippen molar-refractivity contribution in [2.45, 2.75) is 31.7 Å². The summed E-state index contributed by atoms with van der Waals surface area (Å²) in [6.07, 6.45) is 5.93. The number of rotatable bonds is 8. The van der Waals surface area contributed by atoms with E-state index >= 15 is 0 Å². The second kappa shape index (κ2) is 9.21. The van der Waals surface area contributed by atoms with Gasteiger partial charge in [0.25, 0.3) is 0 Å². The number of nitrogens with zero attached hydrogens (tertiary/aromatic N) is 6. The third kappa shape index (κ3) is 4.95. The van der Waals surface area contributed by atoms with E-state index in [1.54, 1.807) is 29.3 Å². The van der Waals surface area contributed by atoms with E-state index in [2.05, 4.69) is 30.4 Å². The minimum atomic E-state index is -2.06.